The van der Waals surface area contributed by atoms with Crippen molar-refractivity contribution in [2.75, 3.05) is 6.61 Å². The van der Waals surface area contributed by atoms with E-state index < -0.39 is 8.07 Å². The zero-order valence-corrected chi connectivity index (χ0v) is 12.5. The summed E-state index contributed by atoms with van der Waals surface area (Å²) in [6.07, 6.45) is 0. The second-order valence-electron chi connectivity index (χ2n) is 4.91. The van der Waals surface area contributed by atoms with E-state index in [-0.39, 0.29) is 0 Å². The van der Waals surface area contributed by atoms with E-state index in [1.165, 1.54) is 0 Å². The number of nitriles is 1. The summed E-state index contributed by atoms with van der Waals surface area (Å²) in [4.78, 5) is 0. The minimum absolute atomic E-state index is 0.596. The Bertz CT molecular complexity index is 406. The zero-order chi connectivity index (χ0) is 12.2. The maximum Gasteiger partial charge on any atom is 0.138 e. The van der Waals surface area contributed by atoms with E-state index >= 15 is 0 Å². The molecule has 0 aliphatic rings. The van der Waals surface area contributed by atoms with Crippen molar-refractivity contribution >= 4 is 24.0 Å². The van der Waals surface area contributed by atoms with Crippen molar-refractivity contribution in [1.29, 1.82) is 5.26 Å². The molecule has 0 aromatic heterocycles. The number of halogens is 1. The average Bonchev–Trinajstić information content (AvgIpc) is 2.16. The van der Waals surface area contributed by atoms with Gasteiger partial charge in [-0.15, -0.1) is 0 Å². The van der Waals surface area contributed by atoms with Gasteiger partial charge in [0, 0.05) is 12.5 Å². The van der Waals surface area contributed by atoms with E-state index in [4.69, 9.17) is 10.00 Å². The van der Waals surface area contributed by atoms with Gasteiger partial charge in [0.15, 0.2) is 0 Å². The highest BCUT2D eigenvalue weighted by Crippen LogP contribution is 2.23. The summed E-state index contributed by atoms with van der Waals surface area (Å²) in [5.74, 6) is 0.676. The van der Waals surface area contributed by atoms with E-state index in [1.54, 1.807) is 6.07 Å². The van der Waals surface area contributed by atoms with Crippen LogP contribution in [-0.2, 0) is 0 Å². The Balaban J connectivity index is 2.67. The van der Waals surface area contributed by atoms with E-state index in [0.717, 1.165) is 10.5 Å². The smallest absolute Gasteiger partial charge is 0.138 e. The molecule has 0 aliphatic carbocycles. The highest BCUT2D eigenvalue weighted by molar-refractivity contribution is 9.10. The molecule has 16 heavy (non-hydrogen) atoms. The first-order chi connectivity index (χ1) is 7.42. The lowest BCUT2D eigenvalue weighted by molar-refractivity contribution is 0.337. The number of rotatable bonds is 4. The topological polar surface area (TPSA) is 33.0 Å². The van der Waals surface area contributed by atoms with E-state index in [9.17, 15) is 0 Å². The summed E-state index contributed by atoms with van der Waals surface area (Å²) in [6, 6.07) is 8.71. The fourth-order valence-corrected chi connectivity index (χ4v) is 2.23. The summed E-state index contributed by atoms with van der Waals surface area (Å²) in [6.45, 7) is 7.62. The molecule has 0 bridgehead atoms. The van der Waals surface area contributed by atoms with Gasteiger partial charge in [-0.05, 0) is 24.2 Å². The quantitative estimate of drug-likeness (QED) is 0.786. The van der Waals surface area contributed by atoms with Crippen LogP contribution in [0.2, 0.25) is 25.7 Å². The molecule has 0 spiro atoms. The molecule has 0 heterocycles. The Kier molecular flexibility index (Phi) is 4.57. The molecular weight excluding hydrogens is 282 g/mol. The number of nitrogens with zero attached hydrogens (tertiary/aromatic N) is 1. The Morgan fingerprint density at radius 2 is 2.06 bits per heavy atom. The molecule has 0 saturated heterocycles. The monoisotopic (exact) mass is 297 g/mol. The van der Waals surface area contributed by atoms with Crippen LogP contribution in [-0.4, -0.2) is 14.7 Å². The molecule has 0 N–H and O–H groups in total. The Labute approximate surface area is 106 Å². The van der Waals surface area contributed by atoms with Crippen LogP contribution in [0.3, 0.4) is 0 Å². The molecular formula is C12H16BrNOSi. The van der Waals surface area contributed by atoms with Crippen LogP contribution in [0.25, 0.3) is 0 Å². The normalized spacial score (nSPS) is 10.9. The van der Waals surface area contributed by atoms with Gasteiger partial charge in [-0.2, -0.15) is 5.26 Å². The highest BCUT2D eigenvalue weighted by atomic mass is 79.9. The summed E-state index contributed by atoms with van der Waals surface area (Å²) in [5.41, 5.74) is 0.596. The second-order valence-corrected chi connectivity index (χ2v) is 11.4. The van der Waals surface area contributed by atoms with Crippen molar-refractivity contribution in [2.45, 2.75) is 25.7 Å². The molecule has 0 unspecified atom stereocenters. The first-order valence-corrected chi connectivity index (χ1v) is 9.75. The van der Waals surface area contributed by atoms with Gasteiger partial charge in [0.1, 0.15) is 11.8 Å². The van der Waals surface area contributed by atoms with Crippen LogP contribution >= 0.6 is 15.9 Å². The summed E-state index contributed by atoms with van der Waals surface area (Å²) in [5, 5.41) is 8.93. The Morgan fingerprint density at radius 1 is 1.38 bits per heavy atom. The van der Waals surface area contributed by atoms with Gasteiger partial charge >= 0.3 is 0 Å². The summed E-state index contributed by atoms with van der Waals surface area (Å²) < 4.78 is 6.61. The molecule has 0 amide bonds. The van der Waals surface area contributed by atoms with Crippen LogP contribution in [0.4, 0.5) is 0 Å². The van der Waals surface area contributed by atoms with Gasteiger partial charge in [0.05, 0.1) is 12.2 Å². The molecule has 2 nitrogen and oxygen atoms in total. The van der Waals surface area contributed by atoms with Crippen LogP contribution in [0.1, 0.15) is 5.56 Å². The lowest BCUT2D eigenvalue weighted by Gasteiger charge is -2.16. The van der Waals surface area contributed by atoms with Gasteiger partial charge in [-0.1, -0.05) is 35.6 Å². The molecule has 0 saturated carbocycles. The third-order valence-electron chi connectivity index (χ3n) is 2.17. The van der Waals surface area contributed by atoms with Gasteiger partial charge in [0.2, 0.25) is 0 Å². The molecule has 0 radical (unpaired) electrons. The number of ether oxygens (including phenoxy) is 1. The Hall–Kier alpha value is -0.793. The van der Waals surface area contributed by atoms with Crippen molar-refractivity contribution in [2.24, 2.45) is 0 Å². The first kappa shape index (κ1) is 13.3. The lowest BCUT2D eigenvalue weighted by atomic mass is 10.2. The van der Waals surface area contributed by atoms with E-state index in [2.05, 4.69) is 41.6 Å². The standard InChI is InChI=1S/C12H16BrNOSi/c1-16(2,3)7-6-15-12-8-11(13)5-4-10(12)9-14/h4-5,8H,6-7H2,1-3H3. The maximum absolute atomic E-state index is 8.93. The van der Waals surface area contributed by atoms with Crippen LogP contribution in [0.5, 0.6) is 5.75 Å². The molecule has 4 heteroatoms. The molecule has 1 aromatic carbocycles. The molecule has 86 valence electrons. The minimum atomic E-state index is -1.07. The molecule has 0 aliphatic heterocycles. The Morgan fingerprint density at radius 3 is 2.62 bits per heavy atom. The summed E-state index contributed by atoms with van der Waals surface area (Å²) in [7, 11) is -1.07. The van der Waals surface area contributed by atoms with Crippen molar-refractivity contribution in [3.8, 4) is 11.8 Å². The molecule has 1 aromatic rings. The average molecular weight is 298 g/mol. The van der Waals surface area contributed by atoms with Gasteiger partial charge in [-0.25, -0.2) is 0 Å². The SMILES string of the molecule is C[Si](C)(C)CCOc1cc(Br)ccc1C#N. The van der Waals surface area contributed by atoms with Crippen molar-refractivity contribution in [1.82, 2.24) is 0 Å². The van der Waals surface area contributed by atoms with Crippen molar-refractivity contribution in [3.63, 3.8) is 0 Å². The van der Waals surface area contributed by atoms with Crippen LogP contribution < -0.4 is 4.74 Å². The fraction of sp³-hybridized carbons (Fsp3) is 0.417. The first-order valence-electron chi connectivity index (χ1n) is 5.25. The fourth-order valence-electron chi connectivity index (χ4n) is 1.18. The third kappa shape index (κ3) is 4.38. The molecule has 1 rings (SSSR count). The van der Waals surface area contributed by atoms with Gasteiger partial charge in [0.25, 0.3) is 0 Å². The lowest BCUT2D eigenvalue weighted by Crippen LogP contribution is -2.22. The van der Waals surface area contributed by atoms with E-state index in [1.807, 2.05) is 12.1 Å². The predicted molar refractivity (Wildman–Crippen MR) is 72.5 cm³/mol. The van der Waals surface area contributed by atoms with Crippen molar-refractivity contribution in [3.05, 3.63) is 28.2 Å². The second kappa shape index (κ2) is 5.51. The number of benzene rings is 1. The van der Waals surface area contributed by atoms with Gasteiger partial charge < -0.3 is 4.74 Å². The third-order valence-corrected chi connectivity index (χ3v) is 4.37. The number of hydrogen-bond donors (Lipinski definition) is 0. The zero-order valence-electron chi connectivity index (χ0n) is 9.88. The maximum atomic E-state index is 8.93. The van der Waals surface area contributed by atoms with Gasteiger partial charge in [-0.3, -0.25) is 0 Å². The van der Waals surface area contributed by atoms with Crippen LogP contribution in [0.15, 0.2) is 22.7 Å². The highest BCUT2D eigenvalue weighted by Gasteiger charge is 2.13. The molecule has 0 fully saturated rings. The van der Waals surface area contributed by atoms with Crippen LogP contribution in [0, 0.1) is 11.3 Å². The molecule has 0 atom stereocenters. The largest absolute Gasteiger partial charge is 0.492 e. The minimum Gasteiger partial charge on any atom is -0.492 e. The predicted octanol–water partition coefficient (Wildman–Crippen LogP) is 4.04. The summed E-state index contributed by atoms with van der Waals surface area (Å²) >= 11 is 3.38. The van der Waals surface area contributed by atoms with Crippen molar-refractivity contribution < 1.29 is 4.74 Å². The number of hydrogen-bond acceptors (Lipinski definition) is 2. The van der Waals surface area contributed by atoms with E-state index in [0.29, 0.717) is 17.9 Å².